The van der Waals surface area contributed by atoms with Crippen LogP contribution in [-0.4, -0.2) is 30.4 Å². The highest BCUT2D eigenvalue weighted by atomic mass is 16.5. The molecule has 0 radical (unpaired) electrons. The van der Waals surface area contributed by atoms with Gasteiger partial charge in [0.15, 0.2) is 0 Å². The fraction of sp³-hybridized carbons (Fsp3) is 0.667. The molecule has 1 aromatic rings. The molecule has 74 valence electrons. The number of nitrogens with two attached hydrogens (primary N) is 1. The zero-order valence-electron chi connectivity index (χ0n) is 7.32. The molecule has 0 aliphatic rings. The molecule has 0 atom stereocenters. The van der Waals surface area contributed by atoms with Gasteiger partial charge in [-0.15, -0.1) is 0 Å². The monoisotopic (exact) mass is 188 g/mol. The lowest BCUT2D eigenvalue weighted by molar-refractivity contribution is 0.196. The predicted molar refractivity (Wildman–Crippen MR) is 45.2 cm³/mol. The number of anilines is 1. The van der Waals surface area contributed by atoms with Gasteiger partial charge in [-0.1, -0.05) is 0 Å². The summed E-state index contributed by atoms with van der Waals surface area (Å²) in [5, 5.41) is 4.71. The normalized spacial score (nSPS) is 10.3. The van der Waals surface area contributed by atoms with Gasteiger partial charge >= 0.3 is 5.76 Å². The minimum Gasteiger partial charge on any atom is -0.385 e. The van der Waals surface area contributed by atoms with E-state index in [2.05, 4.69) is 14.7 Å². The van der Waals surface area contributed by atoms with Gasteiger partial charge in [0.1, 0.15) is 0 Å². The fourth-order valence-corrected chi connectivity index (χ4v) is 0.831. The Balaban J connectivity index is 2.39. The van der Waals surface area contributed by atoms with E-state index in [0.29, 0.717) is 13.2 Å². The highest BCUT2D eigenvalue weighted by Crippen LogP contribution is 1.97. The molecule has 1 aromatic heterocycles. The number of hydrogen-bond donors (Lipinski definition) is 2. The Hall–Kier alpha value is -1.34. The van der Waals surface area contributed by atoms with Gasteiger partial charge in [0.05, 0.1) is 0 Å². The maximum atomic E-state index is 10.5. The van der Waals surface area contributed by atoms with Crippen LogP contribution in [0.3, 0.4) is 0 Å². The first-order valence-electron chi connectivity index (χ1n) is 3.81. The molecule has 0 spiro atoms. The number of nitrogens with zero attached hydrogens (tertiary/aromatic N) is 2. The number of ether oxygens (including phenoxy) is 1. The summed E-state index contributed by atoms with van der Waals surface area (Å²) in [5.41, 5.74) is 0. The van der Waals surface area contributed by atoms with E-state index in [1.807, 2.05) is 0 Å². The van der Waals surface area contributed by atoms with Gasteiger partial charge in [-0.2, -0.15) is 0 Å². The number of hydrogen-bond acceptors (Lipinski definition) is 6. The quantitative estimate of drug-likeness (QED) is 0.352. The first-order valence-corrected chi connectivity index (χ1v) is 3.81. The predicted octanol–water partition coefficient (Wildman–Crippen LogP) is -0.920. The molecule has 0 unspecified atom stereocenters. The lowest BCUT2D eigenvalue weighted by Gasteiger charge is -2.12. The zero-order valence-corrected chi connectivity index (χ0v) is 7.32. The van der Waals surface area contributed by atoms with Gasteiger partial charge in [0.25, 0.3) is 5.95 Å². The molecule has 13 heavy (non-hydrogen) atoms. The summed E-state index contributed by atoms with van der Waals surface area (Å²) in [7, 11) is 1.61. The molecule has 7 nitrogen and oxygen atoms in total. The first-order chi connectivity index (χ1) is 6.24. The summed E-state index contributed by atoms with van der Waals surface area (Å²) in [5.74, 6) is 5.14. The Morgan fingerprint density at radius 1 is 1.77 bits per heavy atom. The van der Waals surface area contributed by atoms with E-state index in [-0.39, 0.29) is 5.95 Å². The third-order valence-electron chi connectivity index (χ3n) is 1.45. The van der Waals surface area contributed by atoms with Crippen LogP contribution in [0.4, 0.5) is 5.95 Å². The van der Waals surface area contributed by atoms with Crippen LogP contribution in [-0.2, 0) is 4.74 Å². The molecular formula is C6H12N4O3. The van der Waals surface area contributed by atoms with Crippen molar-refractivity contribution in [3.05, 3.63) is 10.6 Å². The summed E-state index contributed by atoms with van der Waals surface area (Å²) in [6, 6.07) is 0. The molecule has 0 saturated carbocycles. The summed E-state index contributed by atoms with van der Waals surface area (Å²) < 4.78 is 9.11. The molecule has 1 heterocycles. The maximum absolute atomic E-state index is 10.5. The molecule has 0 amide bonds. The first kappa shape index (κ1) is 9.75. The summed E-state index contributed by atoms with van der Waals surface area (Å²) in [4.78, 5) is 12.9. The Bertz CT molecular complexity index is 294. The topological polar surface area (TPSA) is 97.4 Å². The molecule has 0 bridgehead atoms. The summed E-state index contributed by atoms with van der Waals surface area (Å²) in [6.45, 7) is 1.14. The van der Waals surface area contributed by atoms with Crippen LogP contribution in [0.1, 0.15) is 6.42 Å². The largest absolute Gasteiger partial charge is 0.440 e. The lowest BCUT2D eigenvalue weighted by atomic mass is 10.4. The van der Waals surface area contributed by atoms with Gasteiger partial charge < -0.3 is 4.74 Å². The minimum atomic E-state index is -0.614. The fourth-order valence-electron chi connectivity index (χ4n) is 0.831. The van der Waals surface area contributed by atoms with Gasteiger partial charge in [0.2, 0.25) is 0 Å². The highest BCUT2D eigenvalue weighted by Gasteiger charge is 2.05. The average Bonchev–Trinajstić information content (AvgIpc) is 2.52. The van der Waals surface area contributed by atoms with Gasteiger partial charge in [0, 0.05) is 20.3 Å². The van der Waals surface area contributed by atoms with Crippen LogP contribution in [0.15, 0.2) is 9.32 Å². The number of rotatable bonds is 5. The third-order valence-corrected chi connectivity index (χ3v) is 1.45. The van der Waals surface area contributed by atoms with Gasteiger partial charge in [-0.25, -0.2) is 10.6 Å². The number of hydrazine groups is 1. The van der Waals surface area contributed by atoms with Gasteiger partial charge in [-0.05, 0) is 11.6 Å². The van der Waals surface area contributed by atoms with Crippen LogP contribution in [0.25, 0.3) is 0 Å². The van der Waals surface area contributed by atoms with Crippen LogP contribution >= 0.6 is 0 Å². The Labute approximate surface area is 74.4 Å². The standard InChI is InChI=1S/C6H12N4O3/c1-12-4-2-3-10(7)5-8-6(11)13-9-5/h2-4,7H2,1H3,(H,8,9,11). The van der Waals surface area contributed by atoms with Crippen molar-refractivity contribution in [1.82, 2.24) is 10.1 Å². The second-order valence-corrected chi connectivity index (χ2v) is 2.46. The van der Waals surface area contributed by atoms with E-state index in [4.69, 9.17) is 10.6 Å². The van der Waals surface area contributed by atoms with E-state index in [0.717, 1.165) is 6.42 Å². The SMILES string of the molecule is COCCCN(N)c1noc(=O)[nH]1. The summed E-state index contributed by atoms with van der Waals surface area (Å²) in [6.07, 6.45) is 0.752. The third kappa shape index (κ3) is 2.88. The minimum absolute atomic E-state index is 0.223. The summed E-state index contributed by atoms with van der Waals surface area (Å²) >= 11 is 0. The van der Waals surface area contributed by atoms with E-state index in [1.165, 1.54) is 5.01 Å². The Morgan fingerprint density at radius 2 is 2.54 bits per heavy atom. The van der Waals surface area contributed by atoms with E-state index < -0.39 is 5.76 Å². The number of aromatic amines is 1. The second kappa shape index (κ2) is 4.63. The molecular weight excluding hydrogens is 176 g/mol. The molecule has 7 heteroatoms. The Kier molecular flexibility index (Phi) is 3.47. The molecule has 0 fully saturated rings. The molecule has 0 aromatic carbocycles. The van der Waals surface area contributed by atoms with Crippen LogP contribution in [0.2, 0.25) is 0 Å². The van der Waals surface area contributed by atoms with Crippen LogP contribution in [0, 0.1) is 0 Å². The van der Waals surface area contributed by atoms with Gasteiger partial charge in [-0.3, -0.25) is 14.5 Å². The van der Waals surface area contributed by atoms with Crippen LogP contribution in [0.5, 0.6) is 0 Å². The van der Waals surface area contributed by atoms with Crippen LogP contribution < -0.4 is 16.6 Å². The highest BCUT2D eigenvalue weighted by molar-refractivity contribution is 5.22. The van der Waals surface area contributed by atoms with E-state index in [1.54, 1.807) is 7.11 Å². The van der Waals surface area contributed by atoms with Crippen molar-refractivity contribution in [3.8, 4) is 0 Å². The van der Waals surface area contributed by atoms with Crippen molar-refractivity contribution in [2.45, 2.75) is 6.42 Å². The molecule has 0 aliphatic heterocycles. The Morgan fingerprint density at radius 3 is 3.08 bits per heavy atom. The van der Waals surface area contributed by atoms with Crippen molar-refractivity contribution >= 4 is 5.95 Å². The lowest BCUT2D eigenvalue weighted by Crippen LogP contribution is -2.33. The molecule has 1 rings (SSSR count). The molecule has 0 aliphatic carbocycles. The molecule has 3 N–H and O–H groups in total. The number of H-pyrrole nitrogens is 1. The average molecular weight is 188 g/mol. The van der Waals surface area contributed by atoms with Crippen molar-refractivity contribution in [2.24, 2.45) is 5.84 Å². The van der Waals surface area contributed by atoms with E-state index in [9.17, 15) is 4.79 Å². The smallest absolute Gasteiger partial charge is 0.385 e. The van der Waals surface area contributed by atoms with Crippen molar-refractivity contribution in [2.75, 3.05) is 25.3 Å². The molecule has 0 saturated heterocycles. The van der Waals surface area contributed by atoms with Crippen molar-refractivity contribution in [3.63, 3.8) is 0 Å². The van der Waals surface area contributed by atoms with Crippen molar-refractivity contribution < 1.29 is 9.26 Å². The second-order valence-electron chi connectivity index (χ2n) is 2.46. The maximum Gasteiger partial charge on any atom is 0.440 e. The zero-order chi connectivity index (χ0) is 9.68. The van der Waals surface area contributed by atoms with Crippen molar-refractivity contribution in [1.29, 1.82) is 0 Å². The van der Waals surface area contributed by atoms with E-state index >= 15 is 0 Å². The number of nitrogens with one attached hydrogen (secondary N) is 1. The number of methoxy groups -OCH3 is 1. The number of aromatic nitrogens is 2.